The van der Waals surface area contributed by atoms with Crippen LogP contribution in [0.15, 0.2) is 0 Å². The second kappa shape index (κ2) is 10.6. The molecule has 18 heavy (non-hydrogen) atoms. The van der Waals surface area contributed by atoms with Crippen LogP contribution in [-0.2, 0) is 10.1 Å². The number of hydrogen-bond acceptors (Lipinski definition) is 4. The van der Waals surface area contributed by atoms with Gasteiger partial charge in [-0.1, -0.05) is 52.4 Å². The molecule has 0 aromatic rings. The maximum absolute atomic E-state index is 10.9. The third-order valence-electron chi connectivity index (χ3n) is 3.19. The molecule has 0 aliphatic heterocycles. The van der Waals surface area contributed by atoms with E-state index in [1.807, 2.05) is 0 Å². The van der Waals surface area contributed by atoms with Crippen LogP contribution in [-0.4, -0.2) is 23.0 Å². The number of hydrogen-bond donors (Lipinski definition) is 1. The van der Waals surface area contributed by atoms with Crippen molar-refractivity contribution in [3.63, 3.8) is 0 Å². The van der Waals surface area contributed by atoms with Crippen molar-refractivity contribution in [2.45, 2.75) is 76.6 Å². The van der Waals surface area contributed by atoms with Crippen molar-refractivity contribution < 1.29 is 47.6 Å². The first-order valence-electron chi connectivity index (χ1n) is 6.55. The average molecular weight is 288 g/mol. The summed E-state index contributed by atoms with van der Waals surface area (Å²) in [5, 5.41) is 9.70. The van der Waals surface area contributed by atoms with E-state index in [4.69, 9.17) is 0 Å². The van der Waals surface area contributed by atoms with Gasteiger partial charge in [0.1, 0.15) is 10.1 Å². The van der Waals surface area contributed by atoms with Crippen LogP contribution in [0, 0.1) is 0 Å². The molecule has 1 unspecified atom stereocenters. The van der Waals surface area contributed by atoms with E-state index >= 15 is 0 Å². The SMILES string of the molecule is CCCCCCCCCC(O)(CC)S(=O)(=O)[O-].[Na+]. The van der Waals surface area contributed by atoms with Crippen molar-refractivity contribution in [1.82, 2.24) is 0 Å². The van der Waals surface area contributed by atoms with Crippen LogP contribution in [0.2, 0.25) is 0 Å². The Morgan fingerprint density at radius 3 is 1.83 bits per heavy atom. The van der Waals surface area contributed by atoms with Gasteiger partial charge in [-0.2, -0.15) is 0 Å². The van der Waals surface area contributed by atoms with Gasteiger partial charge in [-0.3, -0.25) is 0 Å². The third-order valence-corrected chi connectivity index (χ3v) is 4.61. The Bertz CT molecular complexity index is 292. The molecule has 0 saturated carbocycles. The molecule has 0 rings (SSSR count). The van der Waals surface area contributed by atoms with Crippen molar-refractivity contribution in [3.8, 4) is 0 Å². The minimum absolute atomic E-state index is 0. The van der Waals surface area contributed by atoms with Crippen molar-refractivity contribution in [2.24, 2.45) is 0 Å². The molecular weight excluding hydrogens is 263 g/mol. The Morgan fingerprint density at radius 2 is 1.44 bits per heavy atom. The summed E-state index contributed by atoms with van der Waals surface area (Å²) in [6.07, 6.45) is 7.31. The normalized spacial score (nSPS) is 14.9. The van der Waals surface area contributed by atoms with Gasteiger partial charge in [-0.15, -0.1) is 0 Å². The minimum atomic E-state index is -4.61. The van der Waals surface area contributed by atoms with Crippen molar-refractivity contribution >= 4 is 10.1 Å². The fraction of sp³-hybridized carbons (Fsp3) is 1.00. The first-order valence-corrected chi connectivity index (χ1v) is 7.96. The molecule has 0 spiro atoms. The van der Waals surface area contributed by atoms with E-state index in [0.29, 0.717) is 6.42 Å². The van der Waals surface area contributed by atoms with E-state index in [1.165, 1.54) is 26.2 Å². The average Bonchev–Trinajstić information content (AvgIpc) is 2.26. The molecule has 0 heterocycles. The molecule has 4 nitrogen and oxygen atoms in total. The zero-order chi connectivity index (χ0) is 13.4. The van der Waals surface area contributed by atoms with E-state index in [-0.39, 0.29) is 42.4 Å². The summed E-state index contributed by atoms with van der Waals surface area (Å²) in [6.45, 7) is 3.68. The zero-order valence-corrected chi connectivity index (χ0v) is 14.8. The minimum Gasteiger partial charge on any atom is -0.746 e. The van der Waals surface area contributed by atoms with E-state index in [0.717, 1.165) is 19.3 Å². The van der Waals surface area contributed by atoms with E-state index in [9.17, 15) is 18.1 Å². The molecule has 0 bridgehead atoms. The van der Waals surface area contributed by atoms with E-state index in [1.54, 1.807) is 0 Å². The third kappa shape index (κ3) is 8.12. The van der Waals surface area contributed by atoms with Crippen molar-refractivity contribution in [1.29, 1.82) is 0 Å². The summed E-state index contributed by atoms with van der Waals surface area (Å²) in [5.74, 6) is 0. The Labute approximate surface area is 134 Å². The fourth-order valence-corrected chi connectivity index (χ4v) is 2.58. The summed E-state index contributed by atoms with van der Waals surface area (Å²) in [7, 11) is -4.61. The molecule has 0 aliphatic rings. The van der Waals surface area contributed by atoms with Crippen LogP contribution in [0.25, 0.3) is 0 Å². The molecular formula is C12H25NaO4S. The molecule has 0 aliphatic carbocycles. The summed E-state index contributed by atoms with van der Waals surface area (Å²) in [6, 6.07) is 0. The molecule has 0 saturated heterocycles. The maximum Gasteiger partial charge on any atom is 1.00 e. The molecule has 104 valence electrons. The van der Waals surface area contributed by atoms with Gasteiger partial charge in [0.05, 0.1) is 0 Å². The zero-order valence-electron chi connectivity index (χ0n) is 11.9. The second-order valence-corrected chi connectivity index (χ2v) is 6.29. The smallest absolute Gasteiger partial charge is 0.746 e. The summed E-state index contributed by atoms with van der Waals surface area (Å²) in [5.41, 5.74) is 0. The van der Waals surface area contributed by atoms with Gasteiger partial charge >= 0.3 is 29.6 Å². The van der Waals surface area contributed by atoms with Crippen molar-refractivity contribution in [3.05, 3.63) is 0 Å². The molecule has 1 atom stereocenters. The Morgan fingerprint density at radius 1 is 1.00 bits per heavy atom. The largest absolute Gasteiger partial charge is 1.00 e. The predicted octanol–water partition coefficient (Wildman–Crippen LogP) is -0.225. The predicted molar refractivity (Wildman–Crippen MR) is 67.5 cm³/mol. The second-order valence-electron chi connectivity index (χ2n) is 4.63. The fourth-order valence-electron chi connectivity index (χ4n) is 1.84. The summed E-state index contributed by atoms with van der Waals surface area (Å²) < 4.78 is 32.7. The van der Waals surface area contributed by atoms with Gasteiger partial charge in [-0.25, -0.2) is 8.42 Å². The molecule has 0 aromatic heterocycles. The van der Waals surface area contributed by atoms with Gasteiger partial charge in [-0.05, 0) is 19.3 Å². The summed E-state index contributed by atoms with van der Waals surface area (Å²) >= 11 is 0. The van der Waals surface area contributed by atoms with Crippen molar-refractivity contribution in [2.75, 3.05) is 0 Å². The molecule has 6 heteroatoms. The summed E-state index contributed by atoms with van der Waals surface area (Å²) in [4.78, 5) is -2.06. The first kappa shape index (κ1) is 21.2. The van der Waals surface area contributed by atoms with E-state index < -0.39 is 15.1 Å². The van der Waals surface area contributed by atoms with Gasteiger partial charge in [0.15, 0.2) is 4.93 Å². The van der Waals surface area contributed by atoms with Crippen LogP contribution >= 0.6 is 0 Å². The van der Waals surface area contributed by atoms with Crippen LogP contribution in [0.5, 0.6) is 0 Å². The molecule has 0 amide bonds. The number of rotatable bonds is 10. The topological polar surface area (TPSA) is 77.4 Å². The Hall–Kier alpha value is 0.870. The molecule has 0 fully saturated rings. The van der Waals surface area contributed by atoms with Crippen LogP contribution in [0.3, 0.4) is 0 Å². The number of aliphatic hydroxyl groups is 1. The van der Waals surface area contributed by atoms with Crippen LogP contribution in [0.4, 0.5) is 0 Å². The number of unbranched alkanes of at least 4 members (excludes halogenated alkanes) is 6. The molecule has 1 N–H and O–H groups in total. The Kier molecular flexibility index (Phi) is 12.5. The Balaban J connectivity index is 0. The standard InChI is InChI=1S/C12H26O4S.Na/c1-3-5-6-7-8-9-10-11-12(13,4-2)17(14,15)16;/h13H,3-11H2,1-2H3,(H,14,15,16);/q;+1/p-1. The maximum atomic E-state index is 10.9. The van der Waals surface area contributed by atoms with E-state index in [2.05, 4.69) is 6.92 Å². The molecule has 0 aromatic carbocycles. The van der Waals surface area contributed by atoms with Crippen LogP contribution < -0.4 is 29.6 Å². The monoisotopic (exact) mass is 288 g/mol. The first-order chi connectivity index (χ1) is 7.87. The van der Waals surface area contributed by atoms with Crippen LogP contribution in [0.1, 0.15) is 71.6 Å². The van der Waals surface area contributed by atoms with Gasteiger partial charge in [0, 0.05) is 0 Å². The van der Waals surface area contributed by atoms with Gasteiger partial charge in [0.2, 0.25) is 0 Å². The van der Waals surface area contributed by atoms with Gasteiger partial charge in [0.25, 0.3) is 0 Å². The quantitative estimate of drug-likeness (QED) is 0.342. The molecule has 0 radical (unpaired) electrons. The van der Waals surface area contributed by atoms with Gasteiger partial charge < -0.3 is 9.66 Å².